The molecule has 1 aliphatic heterocycles. The fourth-order valence-electron chi connectivity index (χ4n) is 1.53. The van der Waals surface area contributed by atoms with Crippen LogP contribution in [0.2, 0.25) is 0 Å². The monoisotopic (exact) mass is 199 g/mol. The van der Waals surface area contributed by atoms with Gasteiger partial charge in [0.05, 0.1) is 5.60 Å². The molecule has 1 saturated heterocycles. The summed E-state index contributed by atoms with van der Waals surface area (Å²) in [5.74, 6) is -0.942. The summed E-state index contributed by atoms with van der Waals surface area (Å²) < 4.78 is 0. The van der Waals surface area contributed by atoms with E-state index < -0.39 is 11.6 Å². The fourth-order valence-corrected chi connectivity index (χ4v) is 1.53. The van der Waals surface area contributed by atoms with Gasteiger partial charge in [0.25, 0.3) is 0 Å². The second kappa shape index (κ2) is 4.11. The average Bonchev–Trinajstić information content (AvgIpc) is 2.08. The van der Waals surface area contributed by atoms with Gasteiger partial charge in [-0.25, -0.2) is 4.79 Å². The Morgan fingerprint density at radius 3 is 2.43 bits per heavy atom. The van der Waals surface area contributed by atoms with Crippen LogP contribution in [0.25, 0.3) is 0 Å². The minimum absolute atomic E-state index is 0.214. The van der Waals surface area contributed by atoms with E-state index in [1.807, 2.05) is 11.8 Å². The van der Waals surface area contributed by atoms with Crippen molar-refractivity contribution in [2.45, 2.75) is 25.4 Å². The van der Waals surface area contributed by atoms with Gasteiger partial charge in [-0.2, -0.15) is 0 Å². The maximum Gasteiger partial charge on any atom is 0.332 e. The van der Waals surface area contributed by atoms with Crippen LogP contribution in [-0.2, 0) is 4.79 Å². The number of carboxylic acids is 1. The van der Waals surface area contributed by atoms with E-state index in [4.69, 9.17) is 5.11 Å². The zero-order valence-corrected chi connectivity index (χ0v) is 8.49. The molecule has 0 spiro atoms. The van der Waals surface area contributed by atoms with Gasteiger partial charge in [-0.3, -0.25) is 4.90 Å². The van der Waals surface area contributed by atoms with Crippen LogP contribution in [0, 0.1) is 0 Å². The van der Waals surface area contributed by atoms with E-state index in [1.54, 1.807) is 0 Å². The lowest BCUT2D eigenvalue weighted by atomic mass is 9.94. The average molecular weight is 199 g/mol. The van der Waals surface area contributed by atoms with Crippen molar-refractivity contribution in [2.24, 2.45) is 0 Å². The SMILES string of the molecule is C=C(CN1CCC(C)(O)CC1)C(=O)O. The van der Waals surface area contributed by atoms with E-state index in [9.17, 15) is 9.90 Å². The first-order valence-corrected chi connectivity index (χ1v) is 4.76. The summed E-state index contributed by atoms with van der Waals surface area (Å²) in [5.41, 5.74) is -0.368. The summed E-state index contributed by atoms with van der Waals surface area (Å²) >= 11 is 0. The Balaban J connectivity index is 2.36. The van der Waals surface area contributed by atoms with Crippen LogP contribution in [0.5, 0.6) is 0 Å². The number of carbonyl (C=O) groups is 1. The van der Waals surface area contributed by atoms with Crippen molar-refractivity contribution in [1.82, 2.24) is 4.90 Å². The lowest BCUT2D eigenvalue weighted by molar-refractivity contribution is -0.133. The predicted molar refractivity (Wildman–Crippen MR) is 53.1 cm³/mol. The highest BCUT2D eigenvalue weighted by Crippen LogP contribution is 2.21. The van der Waals surface area contributed by atoms with Crippen LogP contribution in [0.1, 0.15) is 19.8 Å². The highest BCUT2D eigenvalue weighted by Gasteiger charge is 2.27. The number of rotatable bonds is 3. The molecule has 80 valence electrons. The molecule has 0 atom stereocenters. The highest BCUT2D eigenvalue weighted by molar-refractivity contribution is 5.86. The second-order valence-electron chi connectivity index (χ2n) is 4.18. The molecule has 1 heterocycles. The number of hydrogen-bond acceptors (Lipinski definition) is 3. The molecule has 1 fully saturated rings. The molecule has 0 aliphatic carbocycles. The molecule has 0 unspecified atom stereocenters. The third kappa shape index (κ3) is 3.12. The van der Waals surface area contributed by atoms with Gasteiger partial charge in [-0.05, 0) is 19.8 Å². The Hall–Kier alpha value is -0.870. The first-order valence-electron chi connectivity index (χ1n) is 4.76. The Morgan fingerprint density at radius 2 is 2.00 bits per heavy atom. The normalized spacial score (nSPS) is 21.9. The predicted octanol–water partition coefficient (Wildman–Crippen LogP) is 0.474. The Morgan fingerprint density at radius 1 is 1.50 bits per heavy atom. The van der Waals surface area contributed by atoms with Gasteiger partial charge < -0.3 is 10.2 Å². The van der Waals surface area contributed by atoms with Crippen molar-refractivity contribution >= 4 is 5.97 Å². The summed E-state index contributed by atoms with van der Waals surface area (Å²) in [7, 11) is 0. The molecule has 14 heavy (non-hydrogen) atoms. The standard InChI is InChI=1S/C10H17NO3/c1-8(9(12)13)7-11-5-3-10(2,14)4-6-11/h14H,1,3-7H2,2H3,(H,12,13). The molecule has 2 N–H and O–H groups in total. The van der Waals surface area contributed by atoms with Gasteiger partial charge in [0.15, 0.2) is 0 Å². The summed E-state index contributed by atoms with van der Waals surface area (Å²) in [6.07, 6.45) is 1.39. The van der Waals surface area contributed by atoms with Crippen molar-refractivity contribution in [3.05, 3.63) is 12.2 Å². The number of hydrogen-bond donors (Lipinski definition) is 2. The number of aliphatic carboxylic acids is 1. The van der Waals surface area contributed by atoms with Crippen molar-refractivity contribution in [2.75, 3.05) is 19.6 Å². The van der Waals surface area contributed by atoms with Gasteiger partial charge in [0.2, 0.25) is 0 Å². The van der Waals surface area contributed by atoms with Gasteiger partial charge in [-0.1, -0.05) is 6.58 Å². The molecular weight excluding hydrogens is 182 g/mol. The molecule has 0 saturated carbocycles. The number of likely N-dealkylation sites (tertiary alicyclic amines) is 1. The molecule has 1 aliphatic rings. The van der Waals surface area contributed by atoms with Crippen molar-refractivity contribution in [3.8, 4) is 0 Å². The van der Waals surface area contributed by atoms with Crippen LogP contribution in [0.3, 0.4) is 0 Å². The molecule has 0 radical (unpaired) electrons. The first kappa shape index (κ1) is 11.2. The zero-order valence-electron chi connectivity index (χ0n) is 8.49. The molecule has 4 nitrogen and oxygen atoms in total. The Bertz CT molecular complexity index is 238. The molecule has 4 heteroatoms. The summed E-state index contributed by atoms with van der Waals surface area (Å²) in [5, 5.41) is 18.3. The highest BCUT2D eigenvalue weighted by atomic mass is 16.4. The van der Waals surface area contributed by atoms with Gasteiger partial charge in [0, 0.05) is 25.2 Å². The minimum atomic E-state index is -0.942. The van der Waals surface area contributed by atoms with Crippen molar-refractivity contribution < 1.29 is 15.0 Å². The largest absolute Gasteiger partial charge is 0.478 e. The van der Waals surface area contributed by atoms with Crippen molar-refractivity contribution in [1.29, 1.82) is 0 Å². The van der Waals surface area contributed by atoms with E-state index >= 15 is 0 Å². The number of piperidine rings is 1. The summed E-state index contributed by atoms with van der Waals surface area (Å²) in [6, 6.07) is 0. The molecule has 1 rings (SSSR count). The quantitative estimate of drug-likeness (QED) is 0.649. The maximum atomic E-state index is 10.5. The number of carboxylic acid groups (broad SMARTS) is 1. The van der Waals surface area contributed by atoms with Gasteiger partial charge in [-0.15, -0.1) is 0 Å². The Kier molecular flexibility index (Phi) is 3.29. The second-order valence-corrected chi connectivity index (χ2v) is 4.18. The summed E-state index contributed by atoms with van der Waals surface area (Å²) in [4.78, 5) is 12.5. The molecule has 0 amide bonds. The molecule has 0 aromatic heterocycles. The third-order valence-corrected chi connectivity index (χ3v) is 2.65. The summed E-state index contributed by atoms with van der Waals surface area (Å²) in [6.45, 7) is 7.16. The zero-order chi connectivity index (χ0) is 10.8. The molecule has 0 aromatic carbocycles. The molecule has 0 aromatic rings. The van der Waals surface area contributed by atoms with E-state index in [1.165, 1.54) is 0 Å². The minimum Gasteiger partial charge on any atom is -0.478 e. The third-order valence-electron chi connectivity index (χ3n) is 2.65. The van der Waals surface area contributed by atoms with E-state index in [2.05, 4.69) is 6.58 Å². The van der Waals surface area contributed by atoms with Crippen LogP contribution >= 0.6 is 0 Å². The van der Waals surface area contributed by atoms with Crippen molar-refractivity contribution in [3.63, 3.8) is 0 Å². The fraction of sp³-hybridized carbons (Fsp3) is 0.700. The van der Waals surface area contributed by atoms with Crippen LogP contribution in [0.15, 0.2) is 12.2 Å². The lowest BCUT2D eigenvalue weighted by Crippen LogP contribution is -2.43. The lowest BCUT2D eigenvalue weighted by Gasteiger charge is -2.35. The number of aliphatic hydroxyl groups is 1. The number of nitrogens with zero attached hydrogens (tertiary/aromatic N) is 1. The van der Waals surface area contributed by atoms with Crippen LogP contribution in [-0.4, -0.2) is 46.3 Å². The smallest absolute Gasteiger partial charge is 0.332 e. The van der Waals surface area contributed by atoms with E-state index in [-0.39, 0.29) is 5.57 Å². The van der Waals surface area contributed by atoms with Crippen LogP contribution < -0.4 is 0 Å². The van der Waals surface area contributed by atoms with Crippen LogP contribution in [0.4, 0.5) is 0 Å². The van der Waals surface area contributed by atoms with Gasteiger partial charge in [0.1, 0.15) is 0 Å². The first-order chi connectivity index (χ1) is 6.41. The van der Waals surface area contributed by atoms with Gasteiger partial charge >= 0.3 is 5.97 Å². The topological polar surface area (TPSA) is 60.8 Å². The molecular formula is C10H17NO3. The van der Waals surface area contributed by atoms with E-state index in [0.717, 1.165) is 13.1 Å². The maximum absolute atomic E-state index is 10.5. The molecule has 0 bridgehead atoms. The Labute approximate surface area is 83.8 Å². The van der Waals surface area contributed by atoms with E-state index in [0.29, 0.717) is 19.4 Å².